The number of thioether (sulfide) groups is 1. The van der Waals surface area contributed by atoms with Gasteiger partial charge in [-0.25, -0.2) is 9.78 Å². The number of aromatic nitrogens is 3. The van der Waals surface area contributed by atoms with Crippen LogP contribution in [0.25, 0.3) is 11.3 Å². The van der Waals surface area contributed by atoms with Crippen molar-refractivity contribution >= 4 is 45.8 Å². The van der Waals surface area contributed by atoms with Crippen molar-refractivity contribution in [3.8, 4) is 11.3 Å². The Kier molecular flexibility index (Phi) is 7.26. The second-order valence-electron chi connectivity index (χ2n) is 6.06. The Bertz CT molecular complexity index is 1120. The lowest BCUT2D eigenvalue weighted by atomic mass is 10.1. The van der Waals surface area contributed by atoms with Crippen molar-refractivity contribution < 1.29 is 19.2 Å². The first-order chi connectivity index (χ1) is 14.9. The number of carbonyl (C=O) groups excluding carboxylic acids is 2. The number of nitrogens with zero attached hydrogens (tertiary/aromatic N) is 4. The predicted octanol–water partition coefficient (Wildman–Crippen LogP) is 3.72. The van der Waals surface area contributed by atoms with E-state index in [1.807, 2.05) is 0 Å². The molecule has 1 amide bonds. The minimum atomic E-state index is -0.473. The van der Waals surface area contributed by atoms with E-state index in [1.165, 1.54) is 23.9 Å². The van der Waals surface area contributed by atoms with E-state index in [4.69, 9.17) is 4.74 Å². The van der Waals surface area contributed by atoms with Crippen LogP contribution in [0.5, 0.6) is 0 Å². The highest BCUT2D eigenvalue weighted by atomic mass is 32.2. The molecule has 1 aromatic carbocycles. The lowest BCUT2D eigenvalue weighted by Crippen LogP contribution is -2.14. The maximum atomic E-state index is 12.2. The standard InChI is InChI=1S/C19H17N5O5S2/c1-3-29-18(26)17-11(2)20-19(31-17)21-15(25)10-30-16-8-7-14(22-23-16)12-5-4-6-13(9-12)24(27)28/h4-9H,3,10H2,1-2H3,(H,20,21,25). The quantitative estimate of drug-likeness (QED) is 0.231. The molecule has 3 aromatic rings. The molecule has 160 valence electrons. The number of carbonyl (C=O) groups is 2. The summed E-state index contributed by atoms with van der Waals surface area (Å²) in [5.74, 6) is -0.705. The van der Waals surface area contributed by atoms with Crippen molar-refractivity contribution in [2.45, 2.75) is 18.9 Å². The van der Waals surface area contributed by atoms with Crippen LogP contribution in [-0.4, -0.2) is 44.3 Å². The zero-order valence-corrected chi connectivity index (χ0v) is 18.2. The summed E-state index contributed by atoms with van der Waals surface area (Å²) in [6, 6.07) is 9.48. The van der Waals surface area contributed by atoms with Gasteiger partial charge >= 0.3 is 5.97 Å². The summed E-state index contributed by atoms with van der Waals surface area (Å²) in [5, 5.41) is 22.5. The molecule has 0 spiro atoms. The van der Waals surface area contributed by atoms with E-state index in [1.54, 1.807) is 38.1 Å². The summed E-state index contributed by atoms with van der Waals surface area (Å²) in [6.45, 7) is 3.65. The van der Waals surface area contributed by atoms with Crippen LogP contribution >= 0.6 is 23.1 Å². The van der Waals surface area contributed by atoms with Gasteiger partial charge < -0.3 is 10.1 Å². The summed E-state index contributed by atoms with van der Waals surface area (Å²) in [4.78, 5) is 39.0. The predicted molar refractivity (Wildman–Crippen MR) is 116 cm³/mol. The molecule has 0 unspecified atom stereocenters. The maximum absolute atomic E-state index is 12.2. The smallest absolute Gasteiger partial charge is 0.350 e. The molecule has 0 aliphatic heterocycles. The molecular weight excluding hydrogens is 442 g/mol. The number of ether oxygens (including phenoxy) is 1. The Morgan fingerprint density at radius 3 is 2.74 bits per heavy atom. The summed E-state index contributed by atoms with van der Waals surface area (Å²) in [6.07, 6.45) is 0. The van der Waals surface area contributed by atoms with Crippen LogP contribution < -0.4 is 5.32 Å². The Labute approximate surface area is 185 Å². The molecule has 0 saturated heterocycles. The van der Waals surface area contributed by atoms with Crippen molar-refractivity contribution in [2.24, 2.45) is 0 Å². The number of anilines is 1. The number of non-ortho nitro benzene ring substituents is 1. The Hall–Kier alpha value is -3.38. The molecule has 10 nitrogen and oxygen atoms in total. The van der Waals surface area contributed by atoms with Gasteiger partial charge in [0.2, 0.25) is 5.91 Å². The van der Waals surface area contributed by atoms with E-state index in [0.29, 0.717) is 32.0 Å². The number of amides is 1. The van der Waals surface area contributed by atoms with Gasteiger partial charge in [-0.1, -0.05) is 35.2 Å². The minimum absolute atomic E-state index is 0.0297. The monoisotopic (exact) mass is 459 g/mol. The van der Waals surface area contributed by atoms with Gasteiger partial charge in [0.05, 0.1) is 28.7 Å². The maximum Gasteiger partial charge on any atom is 0.350 e. The highest BCUT2D eigenvalue weighted by molar-refractivity contribution is 7.99. The van der Waals surface area contributed by atoms with Crippen LogP contribution in [0.3, 0.4) is 0 Å². The molecule has 0 bridgehead atoms. The fraction of sp³-hybridized carbons (Fsp3) is 0.211. The number of esters is 1. The van der Waals surface area contributed by atoms with Crippen molar-refractivity contribution in [3.63, 3.8) is 0 Å². The molecule has 3 rings (SSSR count). The first-order valence-electron chi connectivity index (χ1n) is 9.03. The lowest BCUT2D eigenvalue weighted by molar-refractivity contribution is -0.384. The van der Waals surface area contributed by atoms with Gasteiger partial charge in [-0.3, -0.25) is 14.9 Å². The summed E-state index contributed by atoms with van der Waals surface area (Å²) in [5.41, 5.74) is 1.53. The van der Waals surface area contributed by atoms with Gasteiger partial charge in [-0.15, -0.1) is 10.2 Å². The number of thiazole rings is 1. The molecular formula is C19H17N5O5S2. The Morgan fingerprint density at radius 2 is 2.06 bits per heavy atom. The molecule has 2 heterocycles. The van der Waals surface area contributed by atoms with Gasteiger partial charge in [-0.2, -0.15) is 0 Å². The molecule has 1 N–H and O–H groups in total. The second-order valence-corrected chi connectivity index (χ2v) is 8.05. The van der Waals surface area contributed by atoms with Gasteiger partial charge in [0.1, 0.15) is 9.90 Å². The highest BCUT2D eigenvalue weighted by Crippen LogP contribution is 2.25. The van der Waals surface area contributed by atoms with E-state index >= 15 is 0 Å². The Balaban J connectivity index is 1.57. The molecule has 0 aliphatic carbocycles. The van der Waals surface area contributed by atoms with E-state index in [9.17, 15) is 19.7 Å². The minimum Gasteiger partial charge on any atom is -0.462 e. The lowest BCUT2D eigenvalue weighted by Gasteiger charge is -2.03. The van der Waals surface area contributed by atoms with E-state index < -0.39 is 10.9 Å². The van der Waals surface area contributed by atoms with Gasteiger partial charge in [0.25, 0.3) is 5.69 Å². The second kappa shape index (κ2) is 10.1. The number of nitro groups is 1. The number of nitro benzene ring substituents is 1. The van der Waals surface area contributed by atoms with E-state index in [-0.39, 0.29) is 24.0 Å². The number of hydrogen-bond acceptors (Lipinski definition) is 10. The molecule has 12 heteroatoms. The third-order valence-electron chi connectivity index (χ3n) is 3.85. The van der Waals surface area contributed by atoms with Crippen LogP contribution in [0.15, 0.2) is 41.4 Å². The van der Waals surface area contributed by atoms with Crippen molar-refractivity contribution in [2.75, 3.05) is 17.7 Å². The molecule has 0 saturated carbocycles. The topological polar surface area (TPSA) is 137 Å². The first-order valence-corrected chi connectivity index (χ1v) is 10.8. The average molecular weight is 460 g/mol. The van der Waals surface area contributed by atoms with E-state index in [0.717, 1.165) is 11.3 Å². The zero-order chi connectivity index (χ0) is 22.4. The van der Waals surface area contributed by atoms with Gasteiger partial charge in [-0.05, 0) is 26.0 Å². The summed E-state index contributed by atoms with van der Waals surface area (Å²) >= 11 is 2.23. The molecule has 0 radical (unpaired) electrons. The highest BCUT2D eigenvalue weighted by Gasteiger charge is 2.17. The molecule has 2 aromatic heterocycles. The normalized spacial score (nSPS) is 10.5. The zero-order valence-electron chi connectivity index (χ0n) is 16.5. The largest absolute Gasteiger partial charge is 0.462 e. The SMILES string of the molecule is CCOC(=O)c1sc(NC(=O)CSc2ccc(-c3cccc([N+](=O)[O-])c3)nn2)nc1C. The number of aryl methyl sites for hydroxylation is 1. The number of rotatable bonds is 8. The van der Waals surface area contributed by atoms with Gasteiger partial charge in [0, 0.05) is 17.7 Å². The van der Waals surface area contributed by atoms with Crippen molar-refractivity contribution in [3.05, 3.63) is 57.1 Å². The van der Waals surface area contributed by atoms with Crippen molar-refractivity contribution in [1.82, 2.24) is 15.2 Å². The molecule has 31 heavy (non-hydrogen) atoms. The fourth-order valence-corrected chi connectivity index (χ4v) is 3.95. The number of hydrogen-bond donors (Lipinski definition) is 1. The van der Waals surface area contributed by atoms with Crippen molar-refractivity contribution in [1.29, 1.82) is 0 Å². The third-order valence-corrected chi connectivity index (χ3v) is 5.82. The third kappa shape index (κ3) is 5.83. The molecule has 0 fully saturated rings. The Morgan fingerprint density at radius 1 is 1.26 bits per heavy atom. The molecule has 0 aliphatic rings. The summed E-state index contributed by atoms with van der Waals surface area (Å²) < 4.78 is 4.96. The fourth-order valence-electron chi connectivity index (χ4n) is 2.46. The van der Waals surface area contributed by atoms with Crippen LogP contribution in [0.4, 0.5) is 10.8 Å². The van der Waals surface area contributed by atoms with Crippen LogP contribution in [0.2, 0.25) is 0 Å². The van der Waals surface area contributed by atoms with Crippen LogP contribution in [0.1, 0.15) is 22.3 Å². The summed E-state index contributed by atoms with van der Waals surface area (Å²) in [7, 11) is 0. The van der Waals surface area contributed by atoms with Crippen LogP contribution in [-0.2, 0) is 9.53 Å². The number of benzene rings is 1. The average Bonchev–Trinajstić information content (AvgIpc) is 3.13. The molecule has 0 atom stereocenters. The van der Waals surface area contributed by atoms with Crippen LogP contribution in [0, 0.1) is 17.0 Å². The number of nitrogens with one attached hydrogen (secondary N) is 1. The van der Waals surface area contributed by atoms with Gasteiger partial charge in [0.15, 0.2) is 5.13 Å². The first kappa shape index (κ1) is 22.3. The van der Waals surface area contributed by atoms with E-state index in [2.05, 4.69) is 20.5 Å².